The lowest BCUT2D eigenvalue weighted by atomic mass is 9.93. The van der Waals surface area contributed by atoms with Gasteiger partial charge in [-0.2, -0.15) is 5.10 Å². The zero-order valence-corrected chi connectivity index (χ0v) is 17.5. The second-order valence-corrected chi connectivity index (χ2v) is 7.79. The summed E-state index contributed by atoms with van der Waals surface area (Å²) < 4.78 is 11.2. The monoisotopic (exact) mass is 423 g/mol. The van der Waals surface area contributed by atoms with Crippen molar-refractivity contribution in [1.29, 1.82) is 0 Å². The van der Waals surface area contributed by atoms with E-state index in [-0.39, 0.29) is 17.6 Å². The molecule has 8 heteroatoms. The van der Waals surface area contributed by atoms with Crippen molar-refractivity contribution in [1.82, 2.24) is 5.43 Å². The van der Waals surface area contributed by atoms with Gasteiger partial charge in [-0.1, -0.05) is 18.2 Å². The van der Waals surface area contributed by atoms with Gasteiger partial charge < -0.3 is 14.5 Å². The summed E-state index contributed by atoms with van der Waals surface area (Å²) in [5.41, 5.74) is 5.42. The van der Waals surface area contributed by atoms with Crippen molar-refractivity contribution >= 4 is 34.6 Å². The van der Waals surface area contributed by atoms with Crippen LogP contribution in [0.4, 0.5) is 5.69 Å². The minimum Gasteiger partial charge on any atom is -0.495 e. The number of ether oxygens (including phenoxy) is 1. The van der Waals surface area contributed by atoms with Crippen LogP contribution in [0.3, 0.4) is 0 Å². The van der Waals surface area contributed by atoms with E-state index in [4.69, 9.17) is 9.15 Å². The van der Waals surface area contributed by atoms with Gasteiger partial charge in [0, 0.05) is 17.5 Å². The highest BCUT2D eigenvalue weighted by Crippen LogP contribution is 2.31. The van der Waals surface area contributed by atoms with Gasteiger partial charge in [-0.3, -0.25) is 9.59 Å². The Labute approximate surface area is 177 Å². The first-order valence-electron chi connectivity index (χ1n) is 9.56. The summed E-state index contributed by atoms with van der Waals surface area (Å²) in [4.78, 5) is 25.7. The number of nitrogens with zero attached hydrogens (tertiary/aromatic N) is 1. The Hall–Kier alpha value is -3.39. The van der Waals surface area contributed by atoms with Crippen LogP contribution in [0.15, 0.2) is 51.3 Å². The minimum atomic E-state index is -0.353. The van der Waals surface area contributed by atoms with Crippen LogP contribution in [-0.4, -0.2) is 24.6 Å². The van der Waals surface area contributed by atoms with E-state index in [1.807, 2.05) is 30.5 Å². The number of nitrogens with one attached hydrogen (secondary N) is 2. The summed E-state index contributed by atoms with van der Waals surface area (Å²) in [7, 11) is 1.55. The van der Waals surface area contributed by atoms with Gasteiger partial charge in [-0.15, -0.1) is 11.3 Å². The van der Waals surface area contributed by atoms with Crippen LogP contribution in [0.1, 0.15) is 50.0 Å². The molecule has 1 aromatic carbocycles. The lowest BCUT2D eigenvalue weighted by Gasteiger charge is -2.13. The molecule has 1 aliphatic rings. The largest absolute Gasteiger partial charge is 0.495 e. The first-order valence-corrected chi connectivity index (χ1v) is 10.4. The number of para-hydroxylation sites is 2. The molecule has 2 aromatic heterocycles. The first kappa shape index (κ1) is 19.9. The Morgan fingerprint density at radius 1 is 1.13 bits per heavy atom. The maximum Gasteiger partial charge on any atom is 0.291 e. The summed E-state index contributed by atoms with van der Waals surface area (Å²) in [5, 5.41) is 9.02. The van der Waals surface area contributed by atoms with Crippen molar-refractivity contribution < 1.29 is 18.7 Å². The summed E-state index contributed by atoms with van der Waals surface area (Å²) >= 11 is 1.36. The van der Waals surface area contributed by atoms with E-state index >= 15 is 0 Å². The van der Waals surface area contributed by atoms with Crippen LogP contribution in [0.25, 0.3) is 0 Å². The van der Waals surface area contributed by atoms with Crippen LogP contribution in [0.5, 0.6) is 5.75 Å². The summed E-state index contributed by atoms with van der Waals surface area (Å²) in [5.74, 6) is 0.921. The van der Waals surface area contributed by atoms with Gasteiger partial charge in [-0.05, 0) is 43.3 Å². The van der Waals surface area contributed by atoms with Crippen molar-refractivity contribution in [3.63, 3.8) is 0 Å². The second-order valence-electron chi connectivity index (χ2n) is 6.84. The zero-order valence-electron chi connectivity index (χ0n) is 16.7. The predicted octanol–water partition coefficient (Wildman–Crippen LogP) is 4.38. The van der Waals surface area contributed by atoms with Gasteiger partial charge in [0.25, 0.3) is 11.8 Å². The van der Waals surface area contributed by atoms with Crippen LogP contribution in [-0.2, 0) is 6.42 Å². The van der Waals surface area contributed by atoms with Gasteiger partial charge in [0.1, 0.15) is 11.5 Å². The fourth-order valence-corrected chi connectivity index (χ4v) is 4.12. The summed E-state index contributed by atoms with van der Waals surface area (Å²) in [6.45, 7) is 1.83. The smallest absolute Gasteiger partial charge is 0.291 e. The fourth-order valence-electron chi connectivity index (χ4n) is 3.50. The maximum absolute atomic E-state index is 12.9. The lowest BCUT2D eigenvalue weighted by Crippen LogP contribution is -2.21. The number of benzene rings is 1. The number of thiophene rings is 1. The standard InChI is InChI=1S/C22H21N3O4S/c1-13-19-15(24-25-21(26)18-11-6-12-30-18)8-5-10-17(19)29-20(13)22(27)23-14-7-3-4-9-16(14)28-2/h3-4,6-7,9,11-12H,5,8,10H2,1-2H3,(H,23,27)(H,25,26)/b24-15+. The highest BCUT2D eigenvalue weighted by atomic mass is 32.1. The molecule has 0 aliphatic heterocycles. The van der Waals surface area contributed by atoms with Gasteiger partial charge in [0.15, 0.2) is 5.76 Å². The topological polar surface area (TPSA) is 92.9 Å². The highest BCUT2D eigenvalue weighted by molar-refractivity contribution is 7.12. The normalized spacial score (nSPS) is 14.3. The molecule has 2 heterocycles. The van der Waals surface area contributed by atoms with Crippen LogP contribution in [0, 0.1) is 6.92 Å². The lowest BCUT2D eigenvalue weighted by molar-refractivity contribution is 0.0957. The van der Waals surface area contributed by atoms with Crippen molar-refractivity contribution in [3.8, 4) is 5.75 Å². The van der Waals surface area contributed by atoms with Crippen LogP contribution in [0.2, 0.25) is 0 Å². The molecule has 0 unspecified atom stereocenters. The molecule has 0 radical (unpaired) electrons. The molecule has 7 nitrogen and oxygen atoms in total. The number of hydrogen-bond donors (Lipinski definition) is 2. The number of fused-ring (bicyclic) bond motifs is 1. The van der Waals surface area contributed by atoms with Gasteiger partial charge in [-0.25, -0.2) is 5.43 Å². The predicted molar refractivity (Wildman–Crippen MR) is 116 cm³/mol. The number of furan rings is 1. The van der Waals surface area contributed by atoms with E-state index in [0.29, 0.717) is 34.1 Å². The first-order chi connectivity index (χ1) is 14.6. The van der Waals surface area contributed by atoms with Gasteiger partial charge >= 0.3 is 0 Å². The average Bonchev–Trinajstić information content (AvgIpc) is 3.41. The Balaban J connectivity index is 1.59. The number of rotatable bonds is 5. The Morgan fingerprint density at radius 3 is 2.73 bits per heavy atom. The van der Waals surface area contributed by atoms with Crippen molar-refractivity contribution in [3.05, 3.63) is 69.3 Å². The molecule has 30 heavy (non-hydrogen) atoms. The van der Waals surface area contributed by atoms with Crippen molar-refractivity contribution in [2.24, 2.45) is 5.10 Å². The van der Waals surface area contributed by atoms with Gasteiger partial charge in [0.2, 0.25) is 0 Å². The maximum atomic E-state index is 12.9. The number of anilines is 1. The second kappa shape index (κ2) is 8.54. The Kier molecular flexibility index (Phi) is 5.67. The molecule has 1 aliphatic carbocycles. The molecule has 0 spiro atoms. The number of amides is 2. The zero-order chi connectivity index (χ0) is 21.1. The molecule has 2 amide bonds. The Morgan fingerprint density at radius 2 is 1.97 bits per heavy atom. The molecule has 0 saturated carbocycles. The van der Waals surface area contributed by atoms with Crippen LogP contribution < -0.4 is 15.5 Å². The molecular weight excluding hydrogens is 402 g/mol. The molecule has 2 N–H and O–H groups in total. The molecule has 154 valence electrons. The average molecular weight is 423 g/mol. The fraction of sp³-hybridized carbons (Fsp3) is 0.227. The molecule has 0 bridgehead atoms. The van der Waals surface area contributed by atoms with Crippen molar-refractivity contribution in [2.75, 3.05) is 12.4 Å². The number of hydrazone groups is 1. The van der Waals surface area contributed by atoms with Crippen molar-refractivity contribution in [2.45, 2.75) is 26.2 Å². The third-order valence-corrected chi connectivity index (χ3v) is 5.79. The van der Waals surface area contributed by atoms with E-state index in [0.717, 1.165) is 24.1 Å². The summed E-state index contributed by atoms with van der Waals surface area (Å²) in [6, 6.07) is 10.8. The highest BCUT2D eigenvalue weighted by Gasteiger charge is 2.28. The number of carbonyl (C=O) groups is 2. The SMILES string of the molecule is COc1ccccc1NC(=O)c1oc2c(c1C)/C(=N/NC(=O)c1cccs1)CCC2. The Bertz CT molecular complexity index is 1120. The van der Waals surface area contributed by atoms with Crippen LogP contribution >= 0.6 is 11.3 Å². The molecule has 4 rings (SSSR count). The van der Waals surface area contributed by atoms with Gasteiger partial charge in [0.05, 0.1) is 23.4 Å². The van der Waals surface area contributed by atoms with E-state index in [9.17, 15) is 9.59 Å². The van der Waals surface area contributed by atoms with E-state index in [2.05, 4.69) is 15.8 Å². The number of methoxy groups -OCH3 is 1. The summed E-state index contributed by atoms with van der Waals surface area (Å²) in [6.07, 6.45) is 2.25. The molecular formula is C22H21N3O4S. The molecule has 0 fully saturated rings. The number of hydrogen-bond acceptors (Lipinski definition) is 6. The number of aryl methyl sites for hydroxylation is 1. The van der Waals surface area contributed by atoms with E-state index in [1.54, 1.807) is 25.3 Å². The third-order valence-electron chi connectivity index (χ3n) is 4.92. The molecule has 3 aromatic rings. The van der Waals surface area contributed by atoms with E-state index in [1.165, 1.54) is 11.3 Å². The quantitative estimate of drug-likeness (QED) is 0.596. The number of carbonyl (C=O) groups excluding carboxylic acids is 2. The molecule has 0 atom stereocenters. The third kappa shape index (κ3) is 3.86. The minimum absolute atomic E-state index is 0.241. The van der Waals surface area contributed by atoms with E-state index < -0.39 is 0 Å². The molecule has 0 saturated heterocycles.